The Morgan fingerprint density at radius 1 is 0.871 bits per heavy atom. The molecule has 3 aliphatic heterocycles. The summed E-state index contributed by atoms with van der Waals surface area (Å²) >= 11 is 0. The van der Waals surface area contributed by atoms with E-state index in [1.165, 1.54) is 27.0 Å². The molecule has 0 aliphatic carbocycles. The smallest absolute Gasteiger partial charge is 0.243 e. The third-order valence-electron chi connectivity index (χ3n) is 5.97. The molecular formula is C19H27N3O7S2. The molecule has 0 N–H and O–H groups in total. The van der Waals surface area contributed by atoms with Crippen LogP contribution in [0.4, 0.5) is 0 Å². The van der Waals surface area contributed by atoms with Gasteiger partial charge in [0.2, 0.25) is 26.0 Å². The molecule has 0 unspecified atom stereocenters. The molecule has 172 valence electrons. The number of nitrogens with zero attached hydrogens (tertiary/aromatic N) is 3. The highest BCUT2D eigenvalue weighted by Crippen LogP contribution is 2.33. The highest BCUT2D eigenvalue weighted by molar-refractivity contribution is 7.89. The molecule has 0 spiro atoms. The quantitative estimate of drug-likeness (QED) is 0.603. The second-order valence-corrected chi connectivity index (χ2v) is 11.9. The van der Waals surface area contributed by atoms with Gasteiger partial charge in [0.05, 0.1) is 11.2 Å². The van der Waals surface area contributed by atoms with E-state index in [9.17, 15) is 21.6 Å². The van der Waals surface area contributed by atoms with Crippen molar-refractivity contribution < 1.29 is 31.1 Å². The number of piperidine rings is 1. The van der Waals surface area contributed by atoms with Crippen LogP contribution >= 0.6 is 0 Å². The Hall–Kier alpha value is -1.89. The van der Waals surface area contributed by atoms with E-state index in [4.69, 9.17) is 9.47 Å². The van der Waals surface area contributed by atoms with Crippen molar-refractivity contribution in [1.29, 1.82) is 0 Å². The fourth-order valence-corrected chi connectivity index (χ4v) is 6.49. The minimum atomic E-state index is -3.71. The van der Waals surface area contributed by atoms with Crippen molar-refractivity contribution in [3.05, 3.63) is 18.2 Å². The molecule has 12 heteroatoms. The van der Waals surface area contributed by atoms with Crippen molar-refractivity contribution in [2.45, 2.75) is 17.7 Å². The topological polar surface area (TPSA) is 114 Å². The first-order valence-electron chi connectivity index (χ1n) is 10.3. The molecule has 3 aliphatic rings. The molecule has 3 heterocycles. The second kappa shape index (κ2) is 8.57. The van der Waals surface area contributed by atoms with Crippen molar-refractivity contribution in [3.8, 4) is 11.5 Å². The summed E-state index contributed by atoms with van der Waals surface area (Å²) in [6.07, 6.45) is 2.15. The average molecular weight is 474 g/mol. The molecule has 0 saturated carbocycles. The van der Waals surface area contributed by atoms with Crippen molar-refractivity contribution in [3.63, 3.8) is 0 Å². The Balaban J connectivity index is 1.35. The molecular weight excluding hydrogens is 446 g/mol. The normalized spacial score (nSPS) is 21.8. The number of rotatable bonds is 4. The maximum Gasteiger partial charge on any atom is 0.243 e. The highest BCUT2D eigenvalue weighted by Gasteiger charge is 2.35. The van der Waals surface area contributed by atoms with E-state index in [2.05, 4.69) is 0 Å². The number of carbonyl (C=O) groups excluding carboxylic acids is 1. The molecule has 1 aromatic carbocycles. The van der Waals surface area contributed by atoms with Gasteiger partial charge >= 0.3 is 0 Å². The van der Waals surface area contributed by atoms with Gasteiger partial charge in [0.15, 0.2) is 11.5 Å². The van der Waals surface area contributed by atoms with Crippen molar-refractivity contribution in [1.82, 2.24) is 13.5 Å². The molecule has 10 nitrogen and oxygen atoms in total. The Kier molecular flexibility index (Phi) is 6.16. The van der Waals surface area contributed by atoms with E-state index >= 15 is 0 Å². The lowest BCUT2D eigenvalue weighted by atomic mass is 9.96. The van der Waals surface area contributed by atoms with Gasteiger partial charge in [-0.2, -0.15) is 4.31 Å². The minimum absolute atomic E-state index is 0.0236. The zero-order chi connectivity index (χ0) is 22.2. The van der Waals surface area contributed by atoms with Crippen LogP contribution in [-0.4, -0.2) is 95.0 Å². The number of carbonyl (C=O) groups is 1. The Morgan fingerprint density at radius 3 is 2.10 bits per heavy atom. The van der Waals surface area contributed by atoms with Crippen molar-refractivity contribution in [2.24, 2.45) is 5.92 Å². The van der Waals surface area contributed by atoms with Crippen LogP contribution < -0.4 is 9.47 Å². The van der Waals surface area contributed by atoms with Crippen LogP contribution in [0.1, 0.15) is 12.8 Å². The number of hydrogen-bond acceptors (Lipinski definition) is 7. The summed E-state index contributed by atoms with van der Waals surface area (Å²) in [7, 11) is -6.94. The summed E-state index contributed by atoms with van der Waals surface area (Å²) in [4.78, 5) is 14.7. The van der Waals surface area contributed by atoms with E-state index in [-0.39, 0.29) is 29.8 Å². The lowest BCUT2D eigenvalue weighted by Crippen LogP contribution is -2.53. The van der Waals surface area contributed by atoms with Gasteiger partial charge < -0.3 is 14.4 Å². The van der Waals surface area contributed by atoms with E-state index in [0.717, 1.165) is 0 Å². The summed E-state index contributed by atoms with van der Waals surface area (Å²) < 4.78 is 63.1. The summed E-state index contributed by atoms with van der Waals surface area (Å²) in [6.45, 7) is 2.55. The Labute approximate surface area is 182 Å². The molecule has 0 bridgehead atoms. The standard InChI is InChI=1S/C19H27N3O7S2/c1-30(24,25)21-6-4-15(5-7-21)19(23)20-8-10-22(11-9-20)31(26,27)16-2-3-17-18(14-16)29-13-12-28-17/h2-3,14-15H,4-13H2,1H3. The van der Waals surface area contributed by atoms with Gasteiger partial charge in [-0.3, -0.25) is 4.79 Å². The van der Waals surface area contributed by atoms with Gasteiger partial charge in [-0.05, 0) is 25.0 Å². The molecule has 0 radical (unpaired) electrons. The summed E-state index contributed by atoms with van der Waals surface area (Å²) in [5, 5.41) is 0. The monoisotopic (exact) mass is 473 g/mol. The summed E-state index contributed by atoms with van der Waals surface area (Å²) in [5.74, 6) is 0.701. The number of fused-ring (bicyclic) bond motifs is 1. The highest BCUT2D eigenvalue weighted by atomic mass is 32.2. The zero-order valence-corrected chi connectivity index (χ0v) is 19.0. The Bertz CT molecular complexity index is 1040. The second-order valence-electron chi connectivity index (χ2n) is 7.97. The van der Waals surface area contributed by atoms with Gasteiger partial charge in [-0.25, -0.2) is 21.1 Å². The molecule has 0 aromatic heterocycles. The van der Waals surface area contributed by atoms with Crippen LogP contribution in [0.2, 0.25) is 0 Å². The van der Waals surface area contributed by atoms with Gasteiger partial charge in [0, 0.05) is 51.3 Å². The van der Waals surface area contributed by atoms with Crippen LogP contribution in [0.25, 0.3) is 0 Å². The molecule has 4 rings (SSSR count). The fraction of sp³-hybridized carbons (Fsp3) is 0.632. The molecule has 31 heavy (non-hydrogen) atoms. The molecule has 2 saturated heterocycles. The first-order chi connectivity index (χ1) is 14.7. The van der Waals surface area contributed by atoms with E-state index < -0.39 is 20.0 Å². The van der Waals surface area contributed by atoms with Gasteiger partial charge in [0.25, 0.3) is 0 Å². The molecule has 2 fully saturated rings. The van der Waals surface area contributed by atoms with E-state index in [1.807, 2.05) is 0 Å². The number of sulfonamides is 2. The average Bonchev–Trinajstić information content (AvgIpc) is 2.78. The number of benzene rings is 1. The number of amides is 1. The largest absolute Gasteiger partial charge is 0.486 e. The first kappa shape index (κ1) is 22.3. The van der Waals surface area contributed by atoms with Crippen LogP contribution in [0.3, 0.4) is 0 Å². The van der Waals surface area contributed by atoms with Gasteiger partial charge in [-0.1, -0.05) is 0 Å². The lowest BCUT2D eigenvalue weighted by molar-refractivity contribution is -0.137. The van der Waals surface area contributed by atoms with Crippen molar-refractivity contribution >= 4 is 26.0 Å². The van der Waals surface area contributed by atoms with Crippen LogP contribution in [0.5, 0.6) is 11.5 Å². The predicted molar refractivity (Wildman–Crippen MR) is 112 cm³/mol. The predicted octanol–water partition coefficient (Wildman–Crippen LogP) is -0.0377. The maximum atomic E-state index is 13.0. The molecule has 1 aromatic rings. The van der Waals surface area contributed by atoms with Gasteiger partial charge in [0.1, 0.15) is 13.2 Å². The number of piperazine rings is 1. The SMILES string of the molecule is CS(=O)(=O)N1CCC(C(=O)N2CCN(S(=O)(=O)c3ccc4c(c3)OCCO4)CC2)CC1. The van der Waals surface area contributed by atoms with E-state index in [0.29, 0.717) is 63.7 Å². The third-order valence-corrected chi connectivity index (χ3v) is 9.17. The van der Waals surface area contributed by atoms with E-state index in [1.54, 1.807) is 11.0 Å². The van der Waals surface area contributed by atoms with Crippen LogP contribution in [0, 0.1) is 5.92 Å². The van der Waals surface area contributed by atoms with Gasteiger partial charge in [-0.15, -0.1) is 0 Å². The summed E-state index contributed by atoms with van der Waals surface area (Å²) in [6, 6.07) is 4.59. The number of hydrogen-bond donors (Lipinski definition) is 0. The van der Waals surface area contributed by atoms with Crippen molar-refractivity contribution in [2.75, 3.05) is 58.7 Å². The lowest BCUT2D eigenvalue weighted by Gasteiger charge is -2.37. The first-order valence-corrected chi connectivity index (χ1v) is 13.6. The van der Waals surface area contributed by atoms with Crippen LogP contribution in [0.15, 0.2) is 23.1 Å². The zero-order valence-electron chi connectivity index (χ0n) is 17.4. The Morgan fingerprint density at radius 2 is 1.48 bits per heavy atom. The number of ether oxygens (including phenoxy) is 2. The summed E-state index contributed by atoms with van der Waals surface area (Å²) in [5.41, 5.74) is 0. The third kappa shape index (κ3) is 4.66. The fourth-order valence-electron chi connectivity index (χ4n) is 4.17. The molecule has 1 amide bonds. The maximum absolute atomic E-state index is 13.0. The minimum Gasteiger partial charge on any atom is -0.486 e. The molecule has 0 atom stereocenters. The van der Waals surface area contributed by atoms with Crippen LogP contribution in [-0.2, 0) is 24.8 Å².